The number of esters is 1. The molecule has 0 aromatic heterocycles. The largest absolute Gasteiger partial charge is 0.738 e. The van der Waals surface area contributed by atoms with Gasteiger partial charge in [-0.3, -0.25) is 14.4 Å². The monoisotopic (exact) mass is 507 g/mol. The van der Waals surface area contributed by atoms with E-state index >= 15 is 0 Å². The lowest BCUT2D eigenvalue weighted by atomic mass is 9.93. The number of carbonyl (C=O) groups excluding carboxylic acids is 3. The number of hydrogen-bond acceptors (Lipinski definition) is 10. The molecule has 0 aliphatic rings. The van der Waals surface area contributed by atoms with E-state index in [-0.39, 0.29) is 17.5 Å². The fourth-order valence-corrected chi connectivity index (χ4v) is 4.05. The summed E-state index contributed by atoms with van der Waals surface area (Å²) in [6.07, 6.45) is 0. The number of nitrogens with one attached hydrogen (secondary N) is 1. The Morgan fingerprint density at radius 3 is 2.46 bits per heavy atom. The van der Waals surface area contributed by atoms with Crippen LogP contribution in [0.15, 0.2) is 36.4 Å². The minimum absolute atomic E-state index is 0.0385. The van der Waals surface area contributed by atoms with Gasteiger partial charge in [0.05, 0.1) is 31.7 Å². The van der Waals surface area contributed by atoms with Crippen LogP contribution in [0.1, 0.15) is 39.2 Å². The molecule has 1 amide bonds. The maximum Gasteiger partial charge on any atom is 0.329 e. The van der Waals surface area contributed by atoms with E-state index in [9.17, 15) is 19.6 Å². The molecule has 0 saturated carbocycles. The predicted octanol–water partition coefficient (Wildman–Crippen LogP) is 3.41. The molecule has 0 radical (unpaired) electrons. The van der Waals surface area contributed by atoms with Gasteiger partial charge in [-0.2, -0.15) is 0 Å². The first-order chi connectivity index (χ1) is 16.5. The highest BCUT2D eigenvalue weighted by Crippen LogP contribution is 2.28. The maximum atomic E-state index is 12.9. The van der Waals surface area contributed by atoms with Crippen molar-refractivity contribution in [1.82, 2.24) is 10.7 Å². The van der Waals surface area contributed by atoms with Crippen molar-refractivity contribution in [2.45, 2.75) is 39.7 Å². The Labute approximate surface area is 208 Å². The van der Waals surface area contributed by atoms with Crippen molar-refractivity contribution in [3.8, 4) is 5.75 Å². The molecule has 35 heavy (non-hydrogen) atoms. The van der Waals surface area contributed by atoms with E-state index in [0.717, 1.165) is 33.8 Å². The van der Waals surface area contributed by atoms with Gasteiger partial charge in [0.1, 0.15) is 11.8 Å². The molecule has 2 atom stereocenters. The summed E-state index contributed by atoms with van der Waals surface area (Å²) >= 11 is 0.920. The molecule has 2 rings (SSSR count). The normalized spacial score (nSPS) is 13.4. The third kappa shape index (κ3) is 8.18. The lowest BCUT2D eigenvalue weighted by molar-refractivity contribution is -0.313. The molecule has 0 unspecified atom stereocenters. The SMILES string of the molecule is CCOC(=O)[C@H](CSC(=O)[C@@H](C)c1ccc2cc(OC)ccc2c1)NC(=O)C(C)(C)CON([O-])O. The van der Waals surface area contributed by atoms with Crippen LogP contribution < -0.4 is 10.1 Å². The van der Waals surface area contributed by atoms with Crippen LogP contribution in [0.25, 0.3) is 10.8 Å². The summed E-state index contributed by atoms with van der Waals surface area (Å²) in [4.78, 5) is 42.4. The van der Waals surface area contributed by atoms with E-state index in [1.165, 1.54) is 13.8 Å². The van der Waals surface area contributed by atoms with Gasteiger partial charge in [-0.1, -0.05) is 43.0 Å². The smallest absolute Gasteiger partial charge is 0.329 e. The molecule has 0 saturated heterocycles. The van der Waals surface area contributed by atoms with Gasteiger partial charge in [-0.15, -0.1) is 5.39 Å². The zero-order valence-electron chi connectivity index (χ0n) is 20.4. The third-order valence-electron chi connectivity index (χ3n) is 5.34. The van der Waals surface area contributed by atoms with Crippen LogP contribution in [0.2, 0.25) is 0 Å². The number of benzene rings is 2. The zero-order valence-corrected chi connectivity index (χ0v) is 21.2. The second-order valence-electron chi connectivity index (χ2n) is 8.50. The highest BCUT2D eigenvalue weighted by Gasteiger charge is 2.33. The van der Waals surface area contributed by atoms with E-state index in [4.69, 9.17) is 14.7 Å². The van der Waals surface area contributed by atoms with Crippen molar-refractivity contribution in [3.05, 3.63) is 47.2 Å². The van der Waals surface area contributed by atoms with Crippen molar-refractivity contribution < 1.29 is 33.9 Å². The zero-order chi connectivity index (χ0) is 26.2. The first-order valence-corrected chi connectivity index (χ1v) is 12.0. The summed E-state index contributed by atoms with van der Waals surface area (Å²) < 4.78 is 10.3. The van der Waals surface area contributed by atoms with Crippen molar-refractivity contribution >= 4 is 39.5 Å². The Morgan fingerprint density at radius 1 is 1.17 bits per heavy atom. The molecular formula is C24H31N2O8S-. The third-order valence-corrected chi connectivity index (χ3v) is 6.48. The Hall–Kier alpha value is -2.70. The molecule has 10 nitrogen and oxygen atoms in total. The van der Waals surface area contributed by atoms with Crippen LogP contribution in [0.3, 0.4) is 0 Å². The molecule has 0 bridgehead atoms. The Kier molecular flexibility index (Phi) is 10.5. The van der Waals surface area contributed by atoms with Crippen LogP contribution in [-0.4, -0.2) is 59.7 Å². The molecule has 2 aromatic rings. The quantitative estimate of drug-likeness (QED) is 0.325. The second kappa shape index (κ2) is 12.8. The van der Waals surface area contributed by atoms with Crippen molar-refractivity contribution in [2.24, 2.45) is 5.41 Å². The molecule has 192 valence electrons. The summed E-state index contributed by atoms with van der Waals surface area (Å²) in [6.45, 7) is 6.04. The van der Waals surface area contributed by atoms with E-state index in [1.54, 1.807) is 21.0 Å². The predicted molar refractivity (Wildman–Crippen MR) is 132 cm³/mol. The molecule has 0 spiro atoms. The van der Waals surface area contributed by atoms with Gasteiger partial charge >= 0.3 is 5.97 Å². The lowest BCUT2D eigenvalue weighted by Gasteiger charge is -2.29. The number of amides is 1. The van der Waals surface area contributed by atoms with Gasteiger partial charge in [-0.05, 0) is 49.2 Å². The number of hydrogen-bond donors (Lipinski definition) is 2. The number of carbonyl (C=O) groups is 3. The van der Waals surface area contributed by atoms with Crippen LogP contribution in [0, 0.1) is 10.6 Å². The fourth-order valence-electron chi connectivity index (χ4n) is 3.11. The van der Waals surface area contributed by atoms with E-state index in [2.05, 4.69) is 10.2 Å². The molecular weight excluding hydrogens is 476 g/mol. The lowest BCUT2D eigenvalue weighted by Crippen LogP contribution is -2.50. The van der Waals surface area contributed by atoms with Crippen LogP contribution in [0.4, 0.5) is 0 Å². The average Bonchev–Trinajstić information content (AvgIpc) is 2.83. The van der Waals surface area contributed by atoms with Gasteiger partial charge in [0, 0.05) is 5.75 Å². The number of methoxy groups -OCH3 is 1. The van der Waals surface area contributed by atoms with E-state index in [0.29, 0.717) is 0 Å². The number of fused-ring (bicyclic) bond motifs is 1. The summed E-state index contributed by atoms with van der Waals surface area (Å²) in [5, 5.41) is 22.8. The summed E-state index contributed by atoms with van der Waals surface area (Å²) in [6, 6.07) is 10.3. The maximum absolute atomic E-state index is 12.9. The fraction of sp³-hybridized carbons (Fsp3) is 0.458. The van der Waals surface area contributed by atoms with Gasteiger partial charge in [0.25, 0.3) is 0 Å². The minimum atomic E-state index is -1.24. The average molecular weight is 508 g/mol. The van der Waals surface area contributed by atoms with Gasteiger partial charge in [-0.25, -0.2) is 4.79 Å². The minimum Gasteiger partial charge on any atom is -0.738 e. The molecule has 11 heteroatoms. The first kappa shape index (κ1) is 28.5. The van der Waals surface area contributed by atoms with Gasteiger partial charge in [0.15, 0.2) is 5.12 Å². The van der Waals surface area contributed by atoms with Gasteiger partial charge < -0.3 is 25.2 Å². The highest BCUT2D eigenvalue weighted by atomic mass is 32.2. The Balaban J connectivity index is 2.08. The molecule has 0 fully saturated rings. The Morgan fingerprint density at radius 2 is 1.83 bits per heavy atom. The summed E-state index contributed by atoms with van der Waals surface area (Å²) in [7, 11) is 1.60. The van der Waals surface area contributed by atoms with Crippen LogP contribution in [0.5, 0.6) is 5.75 Å². The molecule has 0 aliphatic heterocycles. The first-order valence-electron chi connectivity index (χ1n) is 11.0. The van der Waals surface area contributed by atoms with Crippen molar-refractivity contribution in [2.75, 3.05) is 26.1 Å². The number of thioether (sulfide) groups is 1. The number of nitrogens with zero attached hydrogens (tertiary/aromatic N) is 1. The molecule has 0 heterocycles. The molecule has 0 aliphatic carbocycles. The molecule has 2 N–H and O–H groups in total. The van der Waals surface area contributed by atoms with Gasteiger partial charge in [0.2, 0.25) is 5.91 Å². The highest BCUT2D eigenvalue weighted by molar-refractivity contribution is 8.13. The van der Waals surface area contributed by atoms with Crippen LogP contribution in [-0.2, 0) is 24.0 Å². The summed E-state index contributed by atoms with van der Waals surface area (Å²) in [5.41, 5.74) is -0.423. The van der Waals surface area contributed by atoms with E-state index in [1.807, 2.05) is 36.4 Å². The summed E-state index contributed by atoms with van der Waals surface area (Å²) in [5.74, 6) is -1.04. The second-order valence-corrected chi connectivity index (χ2v) is 9.52. The number of rotatable bonds is 12. The number of ether oxygens (including phenoxy) is 2. The van der Waals surface area contributed by atoms with Crippen molar-refractivity contribution in [1.29, 1.82) is 0 Å². The van der Waals surface area contributed by atoms with Crippen molar-refractivity contribution in [3.63, 3.8) is 0 Å². The standard InChI is InChI=1S/C24H31N2O8S/c1-6-33-21(27)20(25-23(29)24(3,4)14-34-26(30)31)13-35-22(28)15(2)16-7-8-18-12-19(32-5)10-9-17(18)11-16/h7-12,15,20,30H,6,13-14H2,1-5H3,(H,25,29)/q-1/t15-,20-/m0/s1. The van der Waals surface area contributed by atoms with Crippen LogP contribution >= 0.6 is 11.8 Å². The van der Waals surface area contributed by atoms with E-state index < -0.39 is 41.2 Å². The molecule has 2 aromatic carbocycles. The Bertz CT molecular complexity index is 1040. The topological polar surface area (TPSA) is 137 Å².